The van der Waals surface area contributed by atoms with Crippen molar-refractivity contribution in [2.24, 2.45) is 0 Å². The fourth-order valence-electron chi connectivity index (χ4n) is 3.17. The number of halogens is 2. The van der Waals surface area contributed by atoms with Gasteiger partial charge >= 0.3 is 0 Å². The summed E-state index contributed by atoms with van der Waals surface area (Å²) in [5, 5.41) is 12.6. The van der Waals surface area contributed by atoms with E-state index in [1.165, 1.54) is 9.58 Å². The van der Waals surface area contributed by atoms with Crippen LogP contribution >= 0.6 is 0 Å². The van der Waals surface area contributed by atoms with Gasteiger partial charge in [0.1, 0.15) is 0 Å². The highest BCUT2D eigenvalue weighted by Crippen LogP contribution is 2.29. The summed E-state index contributed by atoms with van der Waals surface area (Å²) < 4.78 is 28.4. The zero-order valence-corrected chi connectivity index (χ0v) is 16.1. The van der Waals surface area contributed by atoms with E-state index in [2.05, 4.69) is 20.3 Å². The molecule has 0 aliphatic carbocycles. The molecule has 0 radical (unpaired) electrons. The van der Waals surface area contributed by atoms with Crippen molar-refractivity contribution in [2.75, 3.05) is 13.1 Å². The van der Waals surface area contributed by atoms with Crippen molar-refractivity contribution in [3.05, 3.63) is 53.5 Å². The van der Waals surface area contributed by atoms with E-state index in [0.29, 0.717) is 17.2 Å². The predicted octanol–water partition coefficient (Wildman–Crippen LogP) is 3.21. The largest absolute Gasteiger partial charge is 0.337 e. The van der Waals surface area contributed by atoms with E-state index in [0.717, 1.165) is 11.3 Å². The Morgan fingerprint density at radius 1 is 1.07 bits per heavy atom. The maximum Gasteiger partial charge on any atom is 0.274 e. The minimum absolute atomic E-state index is 0.00114. The Bertz CT molecular complexity index is 957. The van der Waals surface area contributed by atoms with Crippen molar-refractivity contribution in [2.45, 2.75) is 32.6 Å². The number of aromatic nitrogens is 5. The third-order valence-corrected chi connectivity index (χ3v) is 4.89. The van der Waals surface area contributed by atoms with Crippen LogP contribution in [0.2, 0.25) is 0 Å². The summed E-state index contributed by atoms with van der Waals surface area (Å²) in [4.78, 5) is 18.7. The van der Waals surface area contributed by atoms with Gasteiger partial charge in [-0.05, 0) is 43.7 Å². The van der Waals surface area contributed by atoms with Gasteiger partial charge in [-0.2, -0.15) is 10.2 Å². The molecule has 9 heteroatoms. The molecule has 0 bridgehead atoms. The van der Waals surface area contributed by atoms with Crippen LogP contribution < -0.4 is 0 Å². The first kappa shape index (κ1) is 19.1. The van der Waals surface area contributed by atoms with Gasteiger partial charge in [0.15, 0.2) is 11.5 Å². The number of likely N-dealkylation sites (tertiary alicyclic amines) is 1. The third-order valence-electron chi connectivity index (χ3n) is 4.89. The summed E-state index contributed by atoms with van der Waals surface area (Å²) in [7, 11) is 0. The molecule has 0 unspecified atom stereocenters. The van der Waals surface area contributed by atoms with Crippen molar-refractivity contribution >= 4 is 5.91 Å². The van der Waals surface area contributed by atoms with Gasteiger partial charge in [-0.15, -0.1) is 5.10 Å². The van der Waals surface area contributed by atoms with Gasteiger partial charge in [0.05, 0.1) is 17.1 Å². The molecule has 0 atom stereocenters. The average Bonchev–Trinajstić information content (AvgIpc) is 3.14. The van der Waals surface area contributed by atoms with Crippen LogP contribution in [0.15, 0.2) is 36.5 Å². The van der Waals surface area contributed by atoms with E-state index in [1.807, 2.05) is 26.0 Å². The lowest BCUT2D eigenvalue weighted by atomic mass is 10.1. The van der Waals surface area contributed by atoms with Gasteiger partial charge in [0.25, 0.3) is 11.8 Å². The van der Waals surface area contributed by atoms with Gasteiger partial charge in [0, 0.05) is 32.1 Å². The van der Waals surface area contributed by atoms with Gasteiger partial charge in [0.2, 0.25) is 0 Å². The third kappa shape index (κ3) is 3.98. The minimum Gasteiger partial charge on any atom is -0.337 e. The summed E-state index contributed by atoms with van der Waals surface area (Å²) in [6.45, 7) is 3.76. The monoisotopic (exact) mass is 398 g/mol. The number of hydrogen-bond donors (Lipinski definition) is 0. The second kappa shape index (κ2) is 7.31. The highest BCUT2D eigenvalue weighted by molar-refractivity contribution is 5.93. The lowest BCUT2D eigenvalue weighted by Gasteiger charge is -2.31. The van der Waals surface area contributed by atoms with E-state index in [-0.39, 0.29) is 37.5 Å². The molecule has 1 aliphatic rings. The molecule has 0 saturated carbocycles. The summed E-state index contributed by atoms with van der Waals surface area (Å²) in [5.74, 6) is -2.66. The van der Waals surface area contributed by atoms with Crippen LogP contribution in [0.3, 0.4) is 0 Å². The fraction of sp³-hybridized carbons (Fsp3) is 0.350. The van der Waals surface area contributed by atoms with E-state index in [1.54, 1.807) is 24.4 Å². The van der Waals surface area contributed by atoms with Crippen molar-refractivity contribution < 1.29 is 13.6 Å². The second-order valence-electron chi connectivity index (χ2n) is 7.23. The molecule has 3 aromatic heterocycles. The number of hydrogen-bond acceptors (Lipinski definition) is 5. The van der Waals surface area contributed by atoms with Crippen LogP contribution in [0.1, 0.15) is 34.6 Å². The minimum atomic E-state index is -2.72. The molecular weight excluding hydrogens is 378 g/mol. The number of alkyl halides is 2. The highest BCUT2D eigenvalue weighted by Gasteiger charge is 2.36. The lowest BCUT2D eigenvalue weighted by molar-refractivity contribution is -0.0495. The number of aryl methyl sites for hydroxylation is 2. The average molecular weight is 398 g/mol. The quantitative estimate of drug-likeness (QED) is 0.677. The normalized spacial score (nSPS) is 16.1. The maximum atomic E-state index is 13.4. The molecule has 1 saturated heterocycles. The van der Waals surface area contributed by atoms with Crippen molar-refractivity contribution in [1.82, 2.24) is 29.9 Å². The van der Waals surface area contributed by atoms with Crippen LogP contribution in [0.4, 0.5) is 8.78 Å². The Kier molecular flexibility index (Phi) is 4.81. The zero-order chi connectivity index (χ0) is 20.6. The topological polar surface area (TPSA) is 76.8 Å². The SMILES string of the molecule is Cc1ccc(-c2cc(C(=O)N3CCC(F)(F)CC3)nn2-c2ccc(C)nn2)nc1. The number of amides is 1. The van der Waals surface area contributed by atoms with Crippen LogP contribution in [-0.2, 0) is 0 Å². The Balaban J connectivity index is 1.72. The number of carbonyl (C=O) groups is 1. The van der Waals surface area contributed by atoms with Crippen molar-refractivity contribution in [3.63, 3.8) is 0 Å². The standard InChI is InChI=1S/C20H20F2N6O/c1-13-3-5-15(23-12-13)17-11-16(19(29)27-9-7-20(21,22)8-10-27)26-28(17)18-6-4-14(2)24-25-18/h3-6,11-12H,7-10H2,1-2H3. The Morgan fingerprint density at radius 3 is 2.45 bits per heavy atom. The van der Waals surface area contributed by atoms with Crippen LogP contribution in [-0.4, -0.2) is 54.8 Å². The molecule has 29 heavy (non-hydrogen) atoms. The Morgan fingerprint density at radius 2 is 1.83 bits per heavy atom. The number of carbonyl (C=O) groups excluding carboxylic acids is 1. The Hall–Kier alpha value is -3.23. The predicted molar refractivity (Wildman–Crippen MR) is 102 cm³/mol. The summed E-state index contributed by atoms with van der Waals surface area (Å²) in [5.41, 5.74) is 3.11. The van der Waals surface area contributed by atoms with Crippen LogP contribution in [0.25, 0.3) is 17.2 Å². The van der Waals surface area contributed by atoms with Crippen molar-refractivity contribution in [1.29, 1.82) is 0 Å². The molecule has 150 valence electrons. The smallest absolute Gasteiger partial charge is 0.274 e. The van der Waals surface area contributed by atoms with E-state index >= 15 is 0 Å². The molecule has 7 nitrogen and oxygen atoms in total. The van der Waals surface area contributed by atoms with E-state index in [4.69, 9.17) is 0 Å². The summed E-state index contributed by atoms with van der Waals surface area (Å²) >= 11 is 0. The van der Waals surface area contributed by atoms with Crippen LogP contribution in [0, 0.1) is 13.8 Å². The molecule has 0 aromatic carbocycles. The molecule has 1 fully saturated rings. The fourth-order valence-corrected chi connectivity index (χ4v) is 3.17. The lowest BCUT2D eigenvalue weighted by Crippen LogP contribution is -2.42. The Labute approximate surface area is 166 Å². The first-order valence-corrected chi connectivity index (χ1v) is 9.33. The number of pyridine rings is 1. The second-order valence-corrected chi connectivity index (χ2v) is 7.23. The molecule has 3 aromatic rings. The highest BCUT2D eigenvalue weighted by atomic mass is 19.3. The van der Waals surface area contributed by atoms with Crippen molar-refractivity contribution in [3.8, 4) is 17.2 Å². The summed E-state index contributed by atoms with van der Waals surface area (Å²) in [6.07, 6.45) is 1.05. The maximum absolute atomic E-state index is 13.4. The number of piperidine rings is 1. The number of rotatable bonds is 3. The first-order valence-electron chi connectivity index (χ1n) is 9.33. The number of nitrogens with zero attached hydrogens (tertiary/aromatic N) is 6. The summed E-state index contributed by atoms with van der Waals surface area (Å²) in [6, 6.07) is 8.91. The van der Waals surface area contributed by atoms with Gasteiger partial charge in [-0.25, -0.2) is 13.5 Å². The molecule has 4 rings (SSSR count). The van der Waals surface area contributed by atoms with Gasteiger partial charge in [-0.3, -0.25) is 9.78 Å². The zero-order valence-electron chi connectivity index (χ0n) is 16.1. The van der Waals surface area contributed by atoms with E-state index < -0.39 is 5.92 Å². The van der Waals surface area contributed by atoms with Gasteiger partial charge < -0.3 is 4.90 Å². The molecule has 0 spiro atoms. The van der Waals surface area contributed by atoms with Crippen LogP contribution in [0.5, 0.6) is 0 Å². The van der Waals surface area contributed by atoms with E-state index in [9.17, 15) is 13.6 Å². The molecule has 1 aliphatic heterocycles. The molecule has 1 amide bonds. The molecular formula is C20H20F2N6O. The van der Waals surface area contributed by atoms with Gasteiger partial charge in [-0.1, -0.05) is 6.07 Å². The molecule has 4 heterocycles. The molecule has 0 N–H and O–H groups in total. The first-order chi connectivity index (χ1) is 13.8.